The van der Waals surface area contributed by atoms with Gasteiger partial charge in [-0.05, 0) is 60.3 Å². The standard InChI is InChI=1S/C24H21ClF3N3O/c25-21-18(8-2-9-19(21)24(26,27)28)23(32)31-22(20-10-4-12-30-20)16-6-1-5-15(13-16)17-7-3-11-29-14-17/h1-3,5-9,11,13-14,20,22,30H,4,10,12H2,(H,31,32)/t20-,22?/m0/s1. The molecule has 2 heterocycles. The largest absolute Gasteiger partial charge is 0.417 e. The first-order valence-corrected chi connectivity index (χ1v) is 10.6. The number of nitrogens with zero attached hydrogens (tertiary/aromatic N) is 1. The minimum atomic E-state index is -4.64. The average Bonchev–Trinajstić information content (AvgIpc) is 3.32. The van der Waals surface area contributed by atoms with Crippen LogP contribution in [0.4, 0.5) is 13.2 Å². The van der Waals surface area contributed by atoms with Gasteiger partial charge in [0.1, 0.15) is 0 Å². The number of amides is 1. The molecular formula is C24H21ClF3N3O. The van der Waals surface area contributed by atoms with Crippen molar-refractivity contribution in [3.63, 3.8) is 0 Å². The third kappa shape index (κ3) is 4.79. The average molecular weight is 460 g/mol. The highest BCUT2D eigenvalue weighted by molar-refractivity contribution is 6.34. The van der Waals surface area contributed by atoms with Gasteiger partial charge in [0.25, 0.3) is 5.91 Å². The van der Waals surface area contributed by atoms with E-state index in [4.69, 9.17) is 11.6 Å². The van der Waals surface area contributed by atoms with E-state index in [0.717, 1.165) is 42.1 Å². The molecule has 166 valence electrons. The summed E-state index contributed by atoms with van der Waals surface area (Å²) in [5.41, 5.74) is 1.49. The van der Waals surface area contributed by atoms with Gasteiger partial charge in [0.15, 0.2) is 0 Å². The Morgan fingerprint density at radius 1 is 1.12 bits per heavy atom. The molecule has 3 aromatic rings. The summed E-state index contributed by atoms with van der Waals surface area (Å²) in [7, 11) is 0. The second-order valence-electron chi connectivity index (χ2n) is 7.69. The predicted molar refractivity (Wildman–Crippen MR) is 117 cm³/mol. The number of hydrogen-bond donors (Lipinski definition) is 2. The van der Waals surface area contributed by atoms with E-state index in [1.54, 1.807) is 12.4 Å². The second-order valence-corrected chi connectivity index (χ2v) is 8.06. The van der Waals surface area contributed by atoms with Crippen molar-refractivity contribution < 1.29 is 18.0 Å². The Bertz CT molecular complexity index is 1100. The summed E-state index contributed by atoms with van der Waals surface area (Å²) in [4.78, 5) is 17.2. The van der Waals surface area contributed by atoms with Gasteiger partial charge in [0.2, 0.25) is 0 Å². The quantitative estimate of drug-likeness (QED) is 0.519. The molecule has 1 saturated heterocycles. The highest BCUT2D eigenvalue weighted by Gasteiger charge is 2.35. The molecule has 0 spiro atoms. The van der Waals surface area contributed by atoms with Crippen LogP contribution in [0.3, 0.4) is 0 Å². The molecule has 1 unspecified atom stereocenters. The number of pyridine rings is 1. The topological polar surface area (TPSA) is 54.0 Å². The van der Waals surface area contributed by atoms with Crippen molar-refractivity contribution in [2.24, 2.45) is 0 Å². The first-order chi connectivity index (χ1) is 15.3. The molecule has 1 aliphatic rings. The normalized spacial score (nSPS) is 17.2. The Morgan fingerprint density at radius 2 is 1.91 bits per heavy atom. The highest BCUT2D eigenvalue weighted by atomic mass is 35.5. The number of hydrogen-bond acceptors (Lipinski definition) is 3. The van der Waals surface area contributed by atoms with E-state index in [0.29, 0.717) is 0 Å². The van der Waals surface area contributed by atoms with Crippen LogP contribution in [0.1, 0.15) is 40.4 Å². The van der Waals surface area contributed by atoms with Gasteiger partial charge in [0, 0.05) is 18.4 Å². The van der Waals surface area contributed by atoms with Gasteiger partial charge in [-0.25, -0.2) is 0 Å². The summed E-state index contributed by atoms with van der Waals surface area (Å²) in [6, 6.07) is 14.4. The first kappa shape index (κ1) is 22.3. The molecule has 32 heavy (non-hydrogen) atoms. The summed E-state index contributed by atoms with van der Waals surface area (Å²) in [5.74, 6) is -0.647. The molecule has 1 amide bonds. The van der Waals surface area contributed by atoms with Crippen LogP contribution in [0.2, 0.25) is 5.02 Å². The van der Waals surface area contributed by atoms with Crippen LogP contribution in [0.5, 0.6) is 0 Å². The summed E-state index contributed by atoms with van der Waals surface area (Å²) < 4.78 is 39.7. The van der Waals surface area contributed by atoms with E-state index >= 15 is 0 Å². The van der Waals surface area contributed by atoms with Crippen LogP contribution in [-0.4, -0.2) is 23.5 Å². The lowest BCUT2D eigenvalue weighted by Gasteiger charge is -2.26. The number of nitrogens with one attached hydrogen (secondary N) is 2. The molecule has 1 aromatic heterocycles. The molecule has 2 N–H and O–H groups in total. The van der Waals surface area contributed by atoms with Gasteiger partial charge in [-0.1, -0.05) is 41.9 Å². The zero-order valence-electron chi connectivity index (χ0n) is 17.0. The lowest BCUT2D eigenvalue weighted by molar-refractivity contribution is -0.137. The van der Waals surface area contributed by atoms with Crippen LogP contribution >= 0.6 is 11.6 Å². The molecule has 0 bridgehead atoms. The number of halogens is 4. The Hall–Kier alpha value is -2.90. The van der Waals surface area contributed by atoms with Gasteiger partial charge >= 0.3 is 6.18 Å². The minimum Gasteiger partial charge on any atom is -0.344 e. The van der Waals surface area contributed by atoms with E-state index in [-0.39, 0.29) is 11.6 Å². The Labute approximate surface area is 188 Å². The number of aromatic nitrogens is 1. The van der Waals surface area contributed by atoms with E-state index < -0.39 is 28.7 Å². The van der Waals surface area contributed by atoms with Gasteiger partial charge < -0.3 is 10.6 Å². The van der Waals surface area contributed by atoms with Crippen molar-refractivity contribution in [2.45, 2.75) is 31.1 Å². The molecular weight excluding hydrogens is 439 g/mol. The van der Waals surface area contributed by atoms with Crippen molar-refractivity contribution in [2.75, 3.05) is 6.54 Å². The lowest BCUT2D eigenvalue weighted by Crippen LogP contribution is -2.41. The maximum Gasteiger partial charge on any atom is 0.417 e. The van der Waals surface area contributed by atoms with Gasteiger partial charge in [0.05, 0.1) is 22.2 Å². The number of carbonyl (C=O) groups excluding carboxylic acids is 1. The number of rotatable bonds is 5. The Balaban J connectivity index is 1.67. The molecule has 1 fully saturated rings. The summed E-state index contributed by atoms with van der Waals surface area (Å²) >= 11 is 5.98. The van der Waals surface area contributed by atoms with E-state index in [2.05, 4.69) is 15.6 Å². The van der Waals surface area contributed by atoms with Crippen LogP contribution < -0.4 is 10.6 Å². The van der Waals surface area contributed by atoms with Gasteiger partial charge in [-0.3, -0.25) is 9.78 Å². The van der Waals surface area contributed by atoms with Gasteiger partial charge in [-0.2, -0.15) is 13.2 Å². The maximum atomic E-state index is 13.2. The van der Waals surface area contributed by atoms with E-state index in [1.165, 1.54) is 12.1 Å². The molecule has 0 aliphatic carbocycles. The van der Waals surface area contributed by atoms with E-state index in [9.17, 15) is 18.0 Å². The molecule has 4 nitrogen and oxygen atoms in total. The summed E-state index contributed by atoms with van der Waals surface area (Å²) in [6.07, 6.45) is 0.584. The molecule has 2 aromatic carbocycles. The second kappa shape index (κ2) is 9.30. The number of benzene rings is 2. The van der Waals surface area contributed by atoms with Crippen LogP contribution in [-0.2, 0) is 6.18 Å². The molecule has 8 heteroatoms. The number of alkyl halides is 3. The smallest absolute Gasteiger partial charge is 0.344 e. The Kier molecular flexibility index (Phi) is 6.48. The molecule has 1 aliphatic heterocycles. The molecule has 0 radical (unpaired) electrons. The number of carbonyl (C=O) groups is 1. The van der Waals surface area contributed by atoms with Crippen molar-refractivity contribution in [1.29, 1.82) is 0 Å². The monoisotopic (exact) mass is 459 g/mol. The van der Waals surface area contributed by atoms with Gasteiger partial charge in [-0.15, -0.1) is 0 Å². The Morgan fingerprint density at radius 3 is 2.59 bits per heavy atom. The van der Waals surface area contributed by atoms with Crippen molar-refractivity contribution in [3.8, 4) is 11.1 Å². The molecule has 2 atom stereocenters. The van der Waals surface area contributed by atoms with Crippen molar-refractivity contribution >= 4 is 17.5 Å². The first-order valence-electron chi connectivity index (χ1n) is 10.2. The fraction of sp³-hybridized carbons (Fsp3) is 0.250. The lowest BCUT2D eigenvalue weighted by atomic mass is 9.94. The highest BCUT2D eigenvalue weighted by Crippen LogP contribution is 2.36. The zero-order valence-corrected chi connectivity index (χ0v) is 17.8. The van der Waals surface area contributed by atoms with E-state index in [1.807, 2.05) is 36.4 Å². The zero-order chi connectivity index (χ0) is 22.7. The fourth-order valence-corrected chi connectivity index (χ4v) is 4.32. The SMILES string of the molecule is O=C(NC(c1cccc(-c2cccnc2)c1)[C@@H]1CCCN1)c1cccc(C(F)(F)F)c1Cl. The minimum absolute atomic E-state index is 0.0485. The molecule has 0 saturated carbocycles. The molecule has 4 rings (SSSR count). The maximum absolute atomic E-state index is 13.2. The van der Waals surface area contributed by atoms with Crippen LogP contribution in [0.25, 0.3) is 11.1 Å². The van der Waals surface area contributed by atoms with Crippen molar-refractivity contribution in [3.05, 3.63) is 88.7 Å². The summed E-state index contributed by atoms with van der Waals surface area (Å²) in [5, 5.41) is 5.70. The van der Waals surface area contributed by atoms with Crippen LogP contribution in [0, 0.1) is 0 Å². The van der Waals surface area contributed by atoms with Crippen LogP contribution in [0.15, 0.2) is 67.0 Å². The van der Waals surface area contributed by atoms with Crippen molar-refractivity contribution in [1.82, 2.24) is 15.6 Å². The third-order valence-corrected chi connectivity index (χ3v) is 5.98. The summed E-state index contributed by atoms with van der Waals surface area (Å²) in [6.45, 7) is 0.809. The fourth-order valence-electron chi connectivity index (χ4n) is 4.00. The third-order valence-electron chi connectivity index (χ3n) is 5.58. The predicted octanol–water partition coefficient (Wildman–Crippen LogP) is 5.64.